The second kappa shape index (κ2) is 10.9. The molecule has 0 bridgehead atoms. The number of non-ortho nitro benzene ring substituents is 1. The molecule has 0 aliphatic heterocycles. The van der Waals surface area contributed by atoms with Crippen molar-refractivity contribution in [3.8, 4) is 0 Å². The van der Waals surface area contributed by atoms with Crippen LogP contribution in [-0.4, -0.2) is 43.2 Å². The van der Waals surface area contributed by atoms with Crippen LogP contribution in [0.5, 0.6) is 0 Å². The minimum Gasteiger partial charge on any atom is -0.449 e. The van der Waals surface area contributed by atoms with Gasteiger partial charge in [0, 0.05) is 37.2 Å². The molecular weight excluding hydrogens is 390 g/mol. The number of esters is 1. The molecule has 0 heterocycles. The van der Waals surface area contributed by atoms with Crippen molar-refractivity contribution in [1.29, 1.82) is 0 Å². The minimum absolute atomic E-state index is 0.0350. The maximum absolute atomic E-state index is 12.6. The van der Waals surface area contributed by atoms with Gasteiger partial charge in [0.25, 0.3) is 11.6 Å². The number of amides is 1. The van der Waals surface area contributed by atoms with Crippen molar-refractivity contribution in [2.75, 3.05) is 30.9 Å². The molecule has 0 unspecified atom stereocenters. The van der Waals surface area contributed by atoms with Crippen LogP contribution < -0.4 is 10.6 Å². The van der Waals surface area contributed by atoms with Gasteiger partial charge in [0.05, 0.1) is 17.1 Å². The van der Waals surface area contributed by atoms with Crippen molar-refractivity contribution < 1.29 is 24.0 Å². The van der Waals surface area contributed by atoms with Gasteiger partial charge in [0.2, 0.25) is 0 Å². The predicted octanol–water partition coefficient (Wildman–Crippen LogP) is 3.40. The lowest BCUT2D eigenvalue weighted by Gasteiger charge is -2.16. The van der Waals surface area contributed by atoms with Crippen molar-refractivity contribution in [1.82, 2.24) is 0 Å². The van der Waals surface area contributed by atoms with Crippen LogP contribution in [-0.2, 0) is 20.7 Å². The first-order chi connectivity index (χ1) is 14.3. The van der Waals surface area contributed by atoms with E-state index < -0.39 is 22.9 Å². The van der Waals surface area contributed by atoms with Gasteiger partial charge >= 0.3 is 5.97 Å². The van der Waals surface area contributed by atoms with E-state index in [4.69, 9.17) is 9.47 Å². The number of benzene rings is 2. The molecule has 30 heavy (non-hydrogen) atoms. The Bertz CT molecular complexity index is 898. The van der Waals surface area contributed by atoms with E-state index in [2.05, 4.69) is 10.6 Å². The molecule has 2 N–H and O–H groups in total. The number of anilines is 2. The fourth-order valence-electron chi connectivity index (χ4n) is 2.60. The zero-order chi connectivity index (χ0) is 22.1. The number of carbonyl (C=O) groups excluding carboxylic acids is 2. The Labute approximate surface area is 174 Å². The summed E-state index contributed by atoms with van der Waals surface area (Å²) < 4.78 is 10.2. The van der Waals surface area contributed by atoms with E-state index in [-0.39, 0.29) is 11.3 Å². The number of carbonyl (C=O) groups is 2. The highest BCUT2D eigenvalue weighted by Crippen LogP contribution is 2.23. The SMILES string of the molecule is CCc1ccc(NC(=O)[C@H](C)OC(=O)c2cc([N+](=O)[O-])ccc2NCCOC)cc1. The molecule has 1 atom stereocenters. The topological polar surface area (TPSA) is 120 Å². The number of aryl methyl sites for hydroxylation is 1. The summed E-state index contributed by atoms with van der Waals surface area (Å²) in [6, 6.07) is 11.1. The van der Waals surface area contributed by atoms with E-state index in [0.29, 0.717) is 24.5 Å². The van der Waals surface area contributed by atoms with Gasteiger partial charge in [-0.3, -0.25) is 14.9 Å². The van der Waals surface area contributed by atoms with Crippen LogP contribution in [0.15, 0.2) is 42.5 Å². The standard InChI is InChI=1S/C21H25N3O6/c1-4-15-5-7-16(8-6-15)23-20(25)14(2)30-21(26)18-13-17(24(27)28)9-10-19(18)22-11-12-29-3/h5-10,13-14,22H,4,11-12H2,1-3H3,(H,23,25)/t14-/m0/s1. The van der Waals surface area contributed by atoms with E-state index in [1.54, 1.807) is 12.1 Å². The van der Waals surface area contributed by atoms with E-state index >= 15 is 0 Å². The molecule has 0 aromatic heterocycles. The van der Waals surface area contributed by atoms with Crippen LogP contribution in [0.25, 0.3) is 0 Å². The lowest BCUT2D eigenvalue weighted by molar-refractivity contribution is -0.384. The van der Waals surface area contributed by atoms with Crippen molar-refractivity contribution in [2.24, 2.45) is 0 Å². The predicted molar refractivity (Wildman–Crippen MR) is 113 cm³/mol. The molecular formula is C21H25N3O6. The van der Waals surface area contributed by atoms with Gasteiger partial charge in [0.1, 0.15) is 0 Å². The van der Waals surface area contributed by atoms with Crippen molar-refractivity contribution in [3.05, 3.63) is 63.7 Å². The fraction of sp³-hybridized carbons (Fsp3) is 0.333. The largest absolute Gasteiger partial charge is 0.449 e. The van der Waals surface area contributed by atoms with E-state index in [1.165, 1.54) is 26.2 Å². The molecule has 9 nitrogen and oxygen atoms in total. The molecule has 0 spiro atoms. The highest BCUT2D eigenvalue weighted by molar-refractivity contribution is 6.00. The average molecular weight is 415 g/mol. The molecule has 2 aromatic carbocycles. The Morgan fingerprint density at radius 1 is 1.17 bits per heavy atom. The third-order valence-corrected chi connectivity index (χ3v) is 4.34. The fourth-order valence-corrected chi connectivity index (χ4v) is 2.60. The quantitative estimate of drug-likeness (QED) is 0.264. The van der Waals surface area contributed by atoms with Gasteiger partial charge in [-0.15, -0.1) is 0 Å². The van der Waals surface area contributed by atoms with Gasteiger partial charge in [-0.25, -0.2) is 4.79 Å². The Kier molecular flexibility index (Phi) is 8.30. The summed E-state index contributed by atoms with van der Waals surface area (Å²) in [5.41, 5.74) is 1.77. The molecule has 0 saturated heterocycles. The summed E-state index contributed by atoms with van der Waals surface area (Å²) in [6.07, 6.45) is -0.221. The summed E-state index contributed by atoms with van der Waals surface area (Å²) >= 11 is 0. The number of rotatable bonds is 10. The normalized spacial score (nSPS) is 11.4. The number of nitrogens with one attached hydrogen (secondary N) is 2. The van der Waals surface area contributed by atoms with Crippen LogP contribution in [0.2, 0.25) is 0 Å². The summed E-state index contributed by atoms with van der Waals surface area (Å²) in [5, 5.41) is 16.7. The summed E-state index contributed by atoms with van der Waals surface area (Å²) in [4.78, 5) is 35.5. The van der Waals surface area contributed by atoms with Crippen LogP contribution in [0.3, 0.4) is 0 Å². The molecule has 160 valence electrons. The maximum atomic E-state index is 12.6. The minimum atomic E-state index is -1.10. The number of nitro benzene ring substituents is 1. The number of ether oxygens (including phenoxy) is 2. The molecule has 0 saturated carbocycles. The Morgan fingerprint density at radius 2 is 1.87 bits per heavy atom. The third kappa shape index (κ3) is 6.28. The maximum Gasteiger partial charge on any atom is 0.341 e. The number of hydrogen-bond acceptors (Lipinski definition) is 7. The molecule has 1 amide bonds. The van der Waals surface area contributed by atoms with Crippen LogP contribution in [0, 0.1) is 10.1 Å². The zero-order valence-electron chi connectivity index (χ0n) is 17.1. The number of hydrogen-bond donors (Lipinski definition) is 2. The molecule has 2 aromatic rings. The van der Waals surface area contributed by atoms with Crippen molar-refractivity contribution in [2.45, 2.75) is 26.4 Å². The van der Waals surface area contributed by atoms with Gasteiger partial charge in [0.15, 0.2) is 6.10 Å². The third-order valence-electron chi connectivity index (χ3n) is 4.34. The van der Waals surface area contributed by atoms with E-state index in [0.717, 1.165) is 18.1 Å². The molecule has 0 aliphatic rings. The van der Waals surface area contributed by atoms with Crippen LogP contribution in [0.1, 0.15) is 29.8 Å². The highest BCUT2D eigenvalue weighted by Gasteiger charge is 2.23. The summed E-state index contributed by atoms with van der Waals surface area (Å²) in [5.74, 6) is -1.35. The van der Waals surface area contributed by atoms with Crippen molar-refractivity contribution >= 4 is 28.9 Å². The monoisotopic (exact) mass is 415 g/mol. The van der Waals surface area contributed by atoms with E-state index in [9.17, 15) is 19.7 Å². The first-order valence-electron chi connectivity index (χ1n) is 9.47. The first-order valence-corrected chi connectivity index (χ1v) is 9.47. The zero-order valence-corrected chi connectivity index (χ0v) is 17.1. The summed E-state index contributed by atoms with van der Waals surface area (Å²) in [7, 11) is 1.53. The van der Waals surface area contributed by atoms with Crippen LogP contribution >= 0.6 is 0 Å². The second-order valence-electron chi connectivity index (χ2n) is 6.49. The average Bonchev–Trinajstić information content (AvgIpc) is 2.74. The lowest BCUT2D eigenvalue weighted by Crippen LogP contribution is -2.30. The molecule has 0 fully saturated rings. The second-order valence-corrected chi connectivity index (χ2v) is 6.49. The van der Waals surface area contributed by atoms with Gasteiger partial charge in [-0.2, -0.15) is 0 Å². The molecule has 0 radical (unpaired) electrons. The Hall–Kier alpha value is -3.46. The smallest absolute Gasteiger partial charge is 0.341 e. The van der Waals surface area contributed by atoms with Crippen LogP contribution in [0.4, 0.5) is 17.1 Å². The summed E-state index contributed by atoms with van der Waals surface area (Å²) in [6.45, 7) is 4.23. The van der Waals surface area contributed by atoms with Gasteiger partial charge < -0.3 is 20.1 Å². The lowest BCUT2D eigenvalue weighted by atomic mass is 10.1. The molecule has 0 aliphatic carbocycles. The van der Waals surface area contributed by atoms with E-state index in [1.807, 2.05) is 19.1 Å². The van der Waals surface area contributed by atoms with Crippen molar-refractivity contribution in [3.63, 3.8) is 0 Å². The number of nitrogens with zero attached hydrogens (tertiary/aromatic N) is 1. The van der Waals surface area contributed by atoms with Gasteiger partial charge in [-0.1, -0.05) is 19.1 Å². The Morgan fingerprint density at radius 3 is 2.47 bits per heavy atom. The number of methoxy groups -OCH3 is 1. The molecule has 9 heteroatoms. The highest BCUT2D eigenvalue weighted by atomic mass is 16.6. The molecule has 2 rings (SSSR count). The number of nitro groups is 1. The van der Waals surface area contributed by atoms with Gasteiger partial charge in [-0.05, 0) is 37.1 Å². The first kappa shape index (κ1) is 22.8. The Balaban J connectivity index is 2.10.